The number of nitrogens with one attached hydrogen (secondary N) is 2. The number of carbonyl (C=O) groups excluding carboxylic acids is 1. The average Bonchev–Trinajstić information content (AvgIpc) is 2.99. The average molecular weight is 425 g/mol. The molecular formula is C23H37ClN2O3. The van der Waals surface area contributed by atoms with Crippen molar-refractivity contribution in [2.45, 2.75) is 77.4 Å². The summed E-state index contributed by atoms with van der Waals surface area (Å²) in [4.78, 5) is 12.6. The summed E-state index contributed by atoms with van der Waals surface area (Å²) < 4.78 is 11.4. The lowest BCUT2D eigenvalue weighted by Crippen LogP contribution is -2.40. The molecule has 0 aliphatic carbocycles. The summed E-state index contributed by atoms with van der Waals surface area (Å²) in [7, 11) is 1.66. The van der Waals surface area contributed by atoms with Crippen molar-refractivity contribution in [2.24, 2.45) is 11.8 Å². The topological polar surface area (TPSA) is 59.6 Å². The lowest BCUT2D eigenvalue weighted by atomic mass is 9.89. The van der Waals surface area contributed by atoms with Crippen molar-refractivity contribution in [3.8, 4) is 11.5 Å². The maximum absolute atomic E-state index is 12.6. The number of fused-ring (bicyclic) bond motifs is 2. The van der Waals surface area contributed by atoms with Crippen molar-refractivity contribution >= 4 is 18.3 Å². The first kappa shape index (κ1) is 23.8. The molecule has 1 aromatic carbocycles. The smallest absolute Gasteiger partial charge is 0.220 e. The second-order valence-electron chi connectivity index (χ2n) is 8.91. The van der Waals surface area contributed by atoms with Crippen molar-refractivity contribution in [3.63, 3.8) is 0 Å². The van der Waals surface area contributed by atoms with Gasteiger partial charge in [-0.3, -0.25) is 4.79 Å². The molecule has 2 N–H and O–H groups in total. The van der Waals surface area contributed by atoms with E-state index in [0.29, 0.717) is 36.9 Å². The van der Waals surface area contributed by atoms with Crippen molar-refractivity contribution in [1.29, 1.82) is 0 Å². The van der Waals surface area contributed by atoms with E-state index in [1.54, 1.807) is 7.11 Å². The Morgan fingerprint density at radius 1 is 1.17 bits per heavy atom. The number of halogens is 1. The van der Waals surface area contributed by atoms with Crippen LogP contribution < -0.4 is 20.1 Å². The highest BCUT2D eigenvalue weighted by atomic mass is 35.5. The number of carbonyl (C=O) groups is 1. The summed E-state index contributed by atoms with van der Waals surface area (Å²) in [6, 6.07) is 7.14. The lowest BCUT2D eigenvalue weighted by Gasteiger charge is -2.29. The van der Waals surface area contributed by atoms with E-state index in [4.69, 9.17) is 9.47 Å². The van der Waals surface area contributed by atoms with Crippen LogP contribution in [0.25, 0.3) is 0 Å². The number of methoxy groups -OCH3 is 1. The standard InChI is InChI=1S/C23H36N2O3.ClH/c1-15(2)9-10-28-21-8-5-18(14-22(21)27-4)16(3)24-23(26)13-17-11-19-6-7-20(12-17)25-19;/h5,8,14-17,19-20,25H,6-7,9-13H2,1-4H3,(H,24,26);1H. The Kier molecular flexibility index (Phi) is 9.09. The third kappa shape index (κ3) is 6.78. The van der Waals surface area contributed by atoms with E-state index in [0.717, 1.165) is 36.3 Å². The lowest BCUT2D eigenvalue weighted by molar-refractivity contribution is -0.122. The number of hydrogen-bond acceptors (Lipinski definition) is 4. The Balaban J connectivity index is 0.00000300. The van der Waals surface area contributed by atoms with Gasteiger partial charge in [-0.25, -0.2) is 0 Å². The largest absolute Gasteiger partial charge is 0.493 e. The molecule has 0 aromatic heterocycles. The second kappa shape index (κ2) is 11.1. The fourth-order valence-electron chi connectivity index (χ4n) is 4.47. The number of rotatable bonds is 9. The molecule has 2 aliphatic rings. The Morgan fingerprint density at radius 2 is 1.86 bits per heavy atom. The fourth-order valence-corrected chi connectivity index (χ4v) is 4.47. The van der Waals surface area contributed by atoms with Gasteiger partial charge in [-0.05, 0) is 68.6 Å². The van der Waals surface area contributed by atoms with Crippen molar-refractivity contribution in [2.75, 3.05) is 13.7 Å². The van der Waals surface area contributed by atoms with Crippen LogP contribution in [0.2, 0.25) is 0 Å². The van der Waals surface area contributed by atoms with Gasteiger partial charge in [0.25, 0.3) is 0 Å². The summed E-state index contributed by atoms with van der Waals surface area (Å²) in [6.45, 7) is 7.07. The predicted octanol–water partition coefficient (Wildman–Crippen LogP) is 4.64. The van der Waals surface area contributed by atoms with E-state index in [1.165, 1.54) is 12.8 Å². The van der Waals surface area contributed by atoms with E-state index in [9.17, 15) is 4.79 Å². The van der Waals surface area contributed by atoms with Gasteiger partial charge in [0.2, 0.25) is 5.91 Å². The molecule has 1 aromatic rings. The van der Waals surface area contributed by atoms with Crippen LogP contribution in [0.5, 0.6) is 11.5 Å². The highest BCUT2D eigenvalue weighted by molar-refractivity contribution is 5.85. The zero-order valence-corrected chi connectivity index (χ0v) is 19.0. The van der Waals surface area contributed by atoms with Crippen LogP contribution >= 0.6 is 12.4 Å². The van der Waals surface area contributed by atoms with Gasteiger partial charge in [-0.15, -0.1) is 12.4 Å². The molecule has 0 spiro atoms. The summed E-state index contributed by atoms with van der Waals surface area (Å²) in [5.41, 5.74) is 1.03. The predicted molar refractivity (Wildman–Crippen MR) is 119 cm³/mol. The van der Waals surface area contributed by atoms with E-state index in [2.05, 4.69) is 24.5 Å². The number of benzene rings is 1. The Morgan fingerprint density at radius 3 is 2.48 bits per heavy atom. The third-order valence-electron chi connectivity index (χ3n) is 6.06. The molecule has 3 rings (SSSR count). The molecule has 3 atom stereocenters. The van der Waals surface area contributed by atoms with Crippen LogP contribution in [0.15, 0.2) is 18.2 Å². The van der Waals surface area contributed by atoms with Gasteiger partial charge in [0.05, 0.1) is 19.8 Å². The normalized spacial score (nSPS) is 24.0. The summed E-state index contributed by atoms with van der Waals surface area (Å²) >= 11 is 0. The van der Waals surface area contributed by atoms with Crippen molar-refractivity contribution < 1.29 is 14.3 Å². The number of amides is 1. The zero-order chi connectivity index (χ0) is 20.1. The minimum Gasteiger partial charge on any atom is -0.493 e. The SMILES string of the molecule is COc1cc(C(C)NC(=O)CC2CC3CCC(C2)N3)ccc1OCCC(C)C.Cl. The van der Waals surface area contributed by atoms with Gasteiger partial charge in [0.15, 0.2) is 11.5 Å². The second-order valence-corrected chi connectivity index (χ2v) is 8.91. The molecule has 2 saturated heterocycles. The molecule has 0 radical (unpaired) electrons. The first-order valence-electron chi connectivity index (χ1n) is 10.8. The van der Waals surface area contributed by atoms with Gasteiger partial charge < -0.3 is 20.1 Å². The summed E-state index contributed by atoms with van der Waals surface area (Å²) in [6.07, 6.45) is 6.44. The Bertz CT molecular complexity index is 656. The third-order valence-corrected chi connectivity index (χ3v) is 6.06. The molecular weight excluding hydrogens is 388 g/mol. The monoisotopic (exact) mass is 424 g/mol. The Labute approximate surface area is 181 Å². The van der Waals surface area contributed by atoms with Gasteiger partial charge in [0.1, 0.15) is 0 Å². The quantitative estimate of drug-likeness (QED) is 0.606. The zero-order valence-electron chi connectivity index (χ0n) is 18.2. The molecule has 2 fully saturated rings. The molecule has 29 heavy (non-hydrogen) atoms. The fraction of sp³-hybridized carbons (Fsp3) is 0.696. The minimum absolute atomic E-state index is 0. The molecule has 0 saturated carbocycles. The van der Waals surface area contributed by atoms with Crippen LogP contribution in [0.3, 0.4) is 0 Å². The molecule has 6 heteroatoms. The number of piperidine rings is 1. The van der Waals surface area contributed by atoms with Gasteiger partial charge >= 0.3 is 0 Å². The van der Waals surface area contributed by atoms with Crippen LogP contribution in [0.4, 0.5) is 0 Å². The molecule has 164 valence electrons. The number of hydrogen-bond donors (Lipinski definition) is 2. The van der Waals surface area contributed by atoms with Crippen LogP contribution in [-0.2, 0) is 4.79 Å². The highest BCUT2D eigenvalue weighted by Gasteiger charge is 2.34. The molecule has 2 heterocycles. The maximum atomic E-state index is 12.6. The number of ether oxygens (including phenoxy) is 2. The summed E-state index contributed by atoms with van der Waals surface area (Å²) in [5, 5.41) is 6.81. The maximum Gasteiger partial charge on any atom is 0.220 e. The highest BCUT2D eigenvalue weighted by Crippen LogP contribution is 2.33. The van der Waals surface area contributed by atoms with Gasteiger partial charge in [-0.1, -0.05) is 19.9 Å². The first-order valence-corrected chi connectivity index (χ1v) is 10.8. The molecule has 3 unspecified atom stereocenters. The van der Waals surface area contributed by atoms with Crippen molar-refractivity contribution in [1.82, 2.24) is 10.6 Å². The van der Waals surface area contributed by atoms with E-state index >= 15 is 0 Å². The van der Waals surface area contributed by atoms with Gasteiger partial charge in [-0.2, -0.15) is 0 Å². The van der Waals surface area contributed by atoms with Gasteiger partial charge in [0, 0.05) is 18.5 Å². The molecule has 1 amide bonds. The minimum atomic E-state index is -0.0513. The molecule has 2 bridgehead atoms. The molecule has 5 nitrogen and oxygen atoms in total. The van der Waals surface area contributed by atoms with E-state index in [1.807, 2.05) is 25.1 Å². The van der Waals surface area contributed by atoms with Crippen LogP contribution in [-0.4, -0.2) is 31.7 Å². The van der Waals surface area contributed by atoms with Crippen LogP contribution in [0, 0.1) is 11.8 Å². The van der Waals surface area contributed by atoms with E-state index < -0.39 is 0 Å². The molecule has 2 aliphatic heterocycles. The van der Waals surface area contributed by atoms with E-state index in [-0.39, 0.29) is 24.4 Å². The summed E-state index contributed by atoms with van der Waals surface area (Å²) in [5.74, 6) is 2.75. The Hall–Kier alpha value is -1.46. The first-order chi connectivity index (χ1) is 13.4. The van der Waals surface area contributed by atoms with Crippen LogP contribution in [0.1, 0.15) is 70.9 Å². The van der Waals surface area contributed by atoms with Crippen molar-refractivity contribution in [3.05, 3.63) is 23.8 Å².